The fraction of sp³-hybridized carbons (Fsp3) is 0.278. The predicted octanol–water partition coefficient (Wildman–Crippen LogP) is 4.78. The van der Waals surface area contributed by atoms with Gasteiger partial charge in [-0.15, -0.1) is 0 Å². The largest absolute Gasteiger partial charge is 0.444 e. The molecule has 2 rings (SSSR count). The summed E-state index contributed by atoms with van der Waals surface area (Å²) in [5, 5.41) is 5.62. The van der Waals surface area contributed by atoms with E-state index in [9.17, 15) is 9.18 Å². The lowest BCUT2D eigenvalue weighted by Gasteiger charge is -2.20. The second kappa shape index (κ2) is 7.13. The van der Waals surface area contributed by atoms with Crippen LogP contribution in [0.1, 0.15) is 26.3 Å². The summed E-state index contributed by atoms with van der Waals surface area (Å²) in [6.07, 6.45) is -0.684. The van der Waals surface area contributed by atoms with Gasteiger partial charge in [0.05, 0.1) is 5.69 Å². The van der Waals surface area contributed by atoms with E-state index in [2.05, 4.69) is 10.6 Å². The zero-order valence-electron chi connectivity index (χ0n) is 13.5. The third kappa shape index (κ3) is 5.62. The molecule has 0 aliphatic carbocycles. The molecule has 0 saturated heterocycles. The molecule has 0 atom stereocenters. The number of halogens is 1. The zero-order chi connectivity index (χ0) is 16.9. The second-order valence-corrected chi connectivity index (χ2v) is 6.16. The number of nitrogens with one attached hydrogen (secondary N) is 2. The number of anilines is 2. The van der Waals surface area contributed by atoms with Crippen LogP contribution in [-0.4, -0.2) is 11.7 Å². The molecule has 0 unspecified atom stereocenters. The smallest absolute Gasteiger partial charge is 0.412 e. The fourth-order valence-electron chi connectivity index (χ4n) is 1.94. The van der Waals surface area contributed by atoms with Crippen molar-refractivity contribution in [1.29, 1.82) is 0 Å². The van der Waals surface area contributed by atoms with Crippen molar-refractivity contribution in [2.75, 3.05) is 10.6 Å². The highest BCUT2D eigenvalue weighted by Crippen LogP contribution is 2.21. The van der Waals surface area contributed by atoms with E-state index in [0.717, 1.165) is 5.56 Å². The molecule has 0 aliphatic heterocycles. The highest BCUT2D eigenvalue weighted by Gasteiger charge is 2.17. The van der Waals surface area contributed by atoms with Crippen LogP contribution in [0.4, 0.5) is 20.6 Å². The SMILES string of the molecule is CC(C)(C)OC(=O)Nc1cc(NCc2ccccc2)ccc1F. The van der Waals surface area contributed by atoms with Crippen LogP contribution in [0.25, 0.3) is 0 Å². The molecule has 0 saturated carbocycles. The first-order valence-electron chi connectivity index (χ1n) is 7.41. The molecule has 0 spiro atoms. The molecule has 2 aromatic rings. The van der Waals surface area contributed by atoms with E-state index in [0.29, 0.717) is 12.2 Å². The Morgan fingerprint density at radius 3 is 2.48 bits per heavy atom. The third-order valence-electron chi connectivity index (χ3n) is 2.94. The van der Waals surface area contributed by atoms with Gasteiger partial charge in [0.25, 0.3) is 0 Å². The van der Waals surface area contributed by atoms with Gasteiger partial charge >= 0.3 is 6.09 Å². The number of hydrogen-bond donors (Lipinski definition) is 2. The van der Waals surface area contributed by atoms with Gasteiger partial charge in [-0.1, -0.05) is 30.3 Å². The van der Waals surface area contributed by atoms with Crippen molar-refractivity contribution in [3.63, 3.8) is 0 Å². The Hall–Kier alpha value is -2.56. The number of rotatable bonds is 4. The maximum atomic E-state index is 13.8. The van der Waals surface area contributed by atoms with E-state index < -0.39 is 17.5 Å². The Bertz CT molecular complexity index is 666. The second-order valence-electron chi connectivity index (χ2n) is 6.16. The molecule has 2 N–H and O–H groups in total. The molecule has 0 aromatic heterocycles. The zero-order valence-corrected chi connectivity index (χ0v) is 13.5. The summed E-state index contributed by atoms with van der Waals surface area (Å²) in [6.45, 7) is 5.86. The van der Waals surface area contributed by atoms with Crippen LogP contribution in [-0.2, 0) is 11.3 Å². The molecule has 23 heavy (non-hydrogen) atoms. The van der Waals surface area contributed by atoms with Crippen LogP contribution in [0.15, 0.2) is 48.5 Å². The first-order chi connectivity index (χ1) is 10.8. The molecule has 5 heteroatoms. The topological polar surface area (TPSA) is 50.4 Å². The minimum absolute atomic E-state index is 0.0808. The minimum Gasteiger partial charge on any atom is -0.444 e. The Labute approximate surface area is 135 Å². The Balaban J connectivity index is 2.02. The monoisotopic (exact) mass is 316 g/mol. The summed E-state index contributed by atoms with van der Waals surface area (Å²) < 4.78 is 19.0. The van der Waals surface area contributed by atoms with Gasteiger partial charge in [0.15, 0.2) is 0 Å². The van der Waals surface area contributed by atoms with Crippen molar-refractivity contribution in [3.05, 3.63) is 59.9 Å². The molecule has 122 valence electrons. The van der Waals surface area contributed by atoms with Crippen molar-refractivity contribution in [2.24, 2.45) is 0 Å². The molecular formula is C18H21FN2O2. The molecule has 0 heterocycles. The van der Waals surface area contributed by atoms with Gasteiger partial charge < -0.3 is 10.1 Å². The molecule has 1 amide bonds. The van der Waals surface area contributed by atoms with Gasteiger partial charge in [0, 0.05) is 12.2 Å². The maximum absolute atomic E-state index is 13.8. The van der Waals surface area contributed by atoms with Crippen molar-refractivity contribution in [3.8, 4) is 0 Å². The van der Waals surface area contributed by atoms with Gasteiger partial charge in [0.2, 0.25) is 0 Å². The van der Waals surface area contributed by atoms with E-state index in [1.54, 1.807) is 32.9 Å². The fourth-order valence-corrected chi connectivity index (χ4v) is 1.94. The third-order valence-corrected chi connectivity index (χ3v) is 2.94. The van der Waals surface area contributed by atoms with Gasteiger partial charge in [-0.3, -0.25) is 5.32 Å². The number of carbonyl (C=O) groups is 1. The van der Waals surface area contributed by atoms with Crippen molar-refractivity contribution in [1.82, 2.24) is 0 Å². The average molecular weight is 316 g/mol. The summed E-state index contributed by atoms with van der Waals surface area (Å²) in [5.41, 5.74) is 1.26. The Morgan fingerprint density at radius 2 is 1.83 bits per heavy atom. The number of ether oxygens (including phenoxy) is 1. The van der Waals surface area contributed by atoms with E-state index in [1.807, 2.05) is 30.3 Å². The van der Waals surface area contributed by atoms with Crippen LogP contribution >= 0.6 is 0 Å². The van der Waals surface area contributed by atoms with E-state index >= 15 is 0 Å². The summed E-state index contributed by atoms with van der Waals surface area (Å²) in [4.78, 5) is 11.8. The first kappa shape index (κ1) is 16.8. The van der Waals surface area contributed by atoms with E-state index in [4.69, 9.17) is 4.74 Å². The lowest BCUT2D eigenvalue weighted by Crippen LogP contribution is -2.27. The van der Waals surface area contributed by atoms with Crippen LogP contribution in [0.2, 0.25) is 0 Å². The minimum atomic E-state index is -0.684. The van der Waals surface area contributed by atoms with Crippen molar-refractivity contribution < 1.29 is 13.9 Å². The van der Waals surface area contributed by atoms with Crippen LogP contribution in [0, 0.1) is 5.82 Å². The Kier molecular flexibility index (Phi) is 5.21. The molecular weight excluding hydrogens is 295 g/mol. The van der Waals surface area contributed by atoms with Crippen LogP contribution < -0.4 is 10.6 Å². The Morgan fingerprint density at radius 1 is 1.13 bits per heavy atom. The van der Waals surface area contributed by atoms with Gasteiger partial charge in [-0.25, -0.2) is 9.18 Å². The number of hydrogen-bond acceptors (Lipinski definition) is 3. The van der Waals surface area contributed by atoms with Gasteiger partial charge in [0.1, 0.15) is 11.4 Å². The van der Waals surface area contributed by atoms with Crippen molar-refractivity contribution in [2.45, 2.75) is 32.9 Å². The standard InChI is InChI=1S/C18H21FN2O2/c1-18(2,3)23-17(22)21-16-11-14(9-10-15(16)19)20-12-13-7-5-4-6-8-13/h4-11,20H,12H2,1-3H3,(H,21,22). The average Bonchev–Trinajstić information content (AvgIpc) is 2.47. The molecule has 2 aromatic carbocycles. The number of amides is 1. The summed E-state index contributed by atoms with van der Waals surface area (Å²) in [7, 11) is 0. The predicted molar refractivity (Wildman–Crippen MR) is 90.0 cm³/mol. The highest BCUT2D eigenvalue weighted by molar-refractivity contribution is 5.85. The summed E-state index contributed by atoms with van der Waals surface area (Å²) >= 11 is 0. The van der Waals surface area contributed by atoms with E-state index in [1.165, 1.54) is 6.07 Å². The summed E-state index contributed by atoms with van der Waals surface area (Å²) in [5.74, 6) is -0.513. The van der Waals surface area contributed by atoms with Gasteiger partial charge in [-0.2, -0.15) is 0 Å². The molecule has 0 bridgehead atoms. The first-order valence-corrected chi connectivity index (χ1v) is 7.41. The number of benzene rings is 2. The van der Waals surface area contributed by atoms with Crippen molar-refractivity contribution >= 4 is 17.5 Å². The van der Waals surface area contributed by atoms with Gasteiger partial charge in [-0.05, 0) is 44.5 Å². The number of carbonyl (C=O) groups excluding carboxylic acids is 1. The van der Waals surface area contributed by atoms with E-state index in [-0.39, 0.29) is 5.69 Å². The molecule has 0 radical (unpaired) electrons. The lowest BCUT2D eigenvalue weighted by atomic mass is 10.2. The molecule has 4 nitrogen and oxygen atoms in total. The lowest BCUT2D eigenvalue weighted by molar-refractivity contribution is 0.0635. The maximum Gasteiger partial charge on any atom is 0.412 e. The van der Waals surface area contributed by atoms with Crippen LogP contribution in [0.3, 0.4) is 0 Å². The quantitative estimate of drug-likeness (QED) is 0.853. The summed E-state index contributed by atoms with van der Waals surface area (Å²) in [6, 6.07) is 14.3. The van der Waals surface area contributed by atoms with Crippen LogP contribution in [0.5, 0.6) is 0 Å². The molecule has 0 aliphatic rings. The highest BCUT2D eigenvalue weighted by atomic mass is 19.1. The normalized spacial score (nSPS) is 11.0. The molecule has 0 fully saturated rings.